The smallest absolute Gasteiger partial charge is 0.335 e. The molecular weight excluding hydrogens is 282 g/mol. The Morgan fingerprint density at radius 2 is 1.41 bits per heavy atom. The molecule has 0 fully saturated rings. The molecule has 1 aliphatic rings. The molecule has 0 spiro atoms. The molecule has 0 heterocycles. The van der Waals surface area contributed by atoms with Gasteiger partial charge < -0.3 is 10.0 Å². The van der Waals surface area contributed by atoms with Gasteiger partial charge in [-0.15, -0.1) is 0 Å². The van der Waals surface area contributed by atoms with Gasteiger partial charge in [-0.05, 0) is 36.4 Å². The van der Waals surface area contributed by atoms with Crippen LogP contribution in [0.2, 0.25) is 0 Å². The monoisotopic (exact) mass is 295 g/mol. The van der Waals surface area contributed by atoms with Gasteiger partial charge >= 0.3 is 5.97 Å². The standard InChI is InChI=1S/C17H13NO4/c1-18(2)10-4-6-12-14(8-10)16(20)11-5-3-9(17(21)22)7-13(11)15(12)19/h3-8H,1-2H3,(H,21,22). The van der Waals surface area contributed by atoms with Crippen LogP contribution in [0.5, 0.6) is 0 Å². The fourth-order valence-corrected chi connectivity index (χ4v) is 2.55. The lowest BCUT2D eigenvalue weighted by molar-refractivity contribution is 0.0696. The third kappa shape index (κ3) is 1.98. The normalized spacial score (nSPS) is 12.6. The Bertz CT molecular complexity index is 837. The van der Waals surface area contributed by atoms with Crippen LogP contribution < -0.4 is 4.90 Å². The van der Waals surface area contributed by atoms with Crippen LogP contribution in [0.3, 0.4) is 0 Å². The van der Waals surface area contributed by atoms with E-state index in [1.807, 2.05) is 19.0 Å². The van der Waals surface area contributed by atoms with Gasteiger partial charge in [0.25, 0.3) is 0 Å². The molecule has 110 valence electrons. The molecule has 0 aromatic heterocycles. The van der Waals surface area contributed by atoms with E-state index in [2.05, 4.69) is 0 Å². The molecule has 3 rings (SSSR count). The van der Waals surface area contributed by atoms with E-state index in [0.717, 1.165) is 5.69 Å². The van der Waals surface area contributed by atoms with Crippen molar-refractivity contribution in [1.29, 1.82) is 0 Å². The molecule has 1 aliphatic carbocycles. The number of anilines is 1. The minimum absolute atomic E-state index is 0.00624. The first-order chi connectivity index (χ1) is 10.4. The number of aromatic carboxylic acids is 1. The largest absolute Gasteiger partial charge is 0.478 e. The van der Waals surface area contributed by atoms with Crippen molar-refractivity contribution in [1.82, 2.24) is 0 Å². The van der Waals surface area contributed by atoms with Gasteiger partial charge in [0.1, 0.15) is 0 Å². The molecule has 0 saturated heterocycles. The molecule has 5 nitrogen and oxygen atoms in total. The molecule has 0 aliphatic heterocycles. The number of hydrogen-bond acceptors (Lipinski definition) is 4. The average molecular weight is 295 g/mol. The molecule has 0 unspecified atom stereocenters. The number of carbonyl (C=O) groups excluding carboxylic acids is 2. The van der Waals surface area contributed by atoms with Crippen LogP contribution in [0.15, 0.2) is 36.4 Å². The Morgan fingerprint density at radius 1 is 0.864 bits per heavy atom. The summed E-state index contributed by atoms with van der Waals surface area (Å²) in [5.74, 6) is -1.71. The summed E-state index contributed by atoms with van der Waals surface area (Å²) in [5.41, 5.74) is 1.88. The number of carboxylic acids is 1. The molecule has 0 atom stereocenters. The van der Waals surface area contributed by atoms with Crippen molar-refractivity contribution in [3.05, 3.63) is 64.2 Å². The maximum Gasteiger partial charge on any atom is 0.335 e. The Balaban J connectivity index is 2.20. The lowest BCUT2D eigenvalue weighted by Gasteiger charge is -2.20. The first-order valence-electron chi connectivity index (χ1n) is 6.68. The molecule has 5 heteroatoms. The van der Waals surface area contributed by atoms with Crippen molar-refractivity contribution in [2.75, 3.05) is 19.0 Å². The fourth-order valence-electron chi connectivity index (χ4n) is 2.55. The highest BCUT2D eigenvalue weighted by Crippen LogP contribution is 2.30. The van der Waals surface area contributed by atoms with Gasteiger partial charge in [-0.2, -0.15) is 0 Å². The van der Waals surface area contributed by atoms with Gasteiger partial charge in [0.2, 0.25) is 0 Å². The zero-order valence-electron chi connectivity index (χ0n) is 12.1. The lowest BCUT2D eigenvalue weighted by atomic mass is 9.83. The van der Waals surface area contributed by atoms with Crippen molar-refractivity contribution in [2.45, 2.75) is 0 Å². The van der Waals surface area contributed by atoms with Crippen molar-refractivity contribution >= 4 is 23.2 Å². The van der Waals surface area contributed by atoms with Crippen molar-refractivity contribution in [2.24, 2.45) is 0 Å². The SMILES string of the molecule is CN(C)c1ccc2c(c1)C(=O)c1ccc(C(=O)O)cc1C2=O. The van der Waals surface area contributed by atoms with Gasteiger partial charge in [0, 0.05) is 42.0 Å². The first kappa shape index (κ1) is 14.0. The molecule has 0 radical (unpaired) electrons. The Kier molecular flexibility index (Phi) is 3.06. The van der Waals surface area contributed by atoms with Gasteiger partial charge in [-0.3, -0.25) is 9.59 Å². The zero-order valence-corrected chi connectivity index (χ0v) is 12.1. The van der Waals surface area contributed by atoms with E-state index in [-0.39, 0.29) is 28.3 Å². The zero-order chi connectivity index (χ0) is 16.0. The van der Waals surface area contributed by atoms with Crippen LogP contribution in [0, 0.1) is 0 Å². The van der Waals surface area contributed by atoms with E-state index in [1.165, 1.54) is 18.2 Å². The molecule has 2 aromatic rings. The van der Waals surface area contributed by atoms with E-state index < -0.39 is 5.97 Å². The molecule has 1 N–H and O–H groups in total. The number of nitrogens with zero attached hydrogens (tertiary/aromatic N) is 1. The Labute approximate surface area is 126 Å². The lowest BCUT2D eigenvalue weighted by Crippen LogP contribution is -2.22. The van der Waals surface area contributed by atoms with Gasteiger partial charge in [0.15, 0.2) is 11.6 Å². The van der Waals surface area contributed by atoms with Crippen molar-refractivity contribution in [3.8, 4) is 0 Å². The van der Waals surface area contributed by atoms with Gasteiger partial charge in [0.05, 0.1) is 5.56 Å². The molecule has 22 heavy (non-hydrogen) atoms. The van der Waals surface area contributed by atoms with Crippen LogP contribution in [0.4, 0.5) is 5.69 Å². The summed E-state index contributed by atoms with van der Waals surface area (Å²) in [5, 5.41) is 9.03. The number of carbonyl (C=O) groups is 3. The summed E-state index contributed by atoms with van der Waals surface area (Å²) in [6.45, 7) is 0. The molecule has 2 aromatic carbocycles. The highest BCUT2D eigenvalue weighted by Gasteiger charge is 2.30. The average Bonchev–Trinajstić information content (AvgIpc) is 2.51. The number of hydrogen-bond donors (Lipinski definition) is 1. The Morgan fingerprint density at radius 3 is 1.95 bits per heavy atom. The van der Waals surface area contributed by atoms with Crippen LogP contribution in [-0.4, -0.2) is 36.7 Å². The van der Waals surface area contributed by atoms with E-state index in [1.54, 1.807) is 18.2 Å². The second-order valence-corrected chi connectivity index (χ2v) is 5.35. The topological polar surface area (TPSA) is 74.7 Å². The quantitative estimate of drug-likeness (QED) is 0.784. The second kappa shape index (κ2) is 4.80. The van der Waals surface area contributed by atoms with E-state index >= 15 is 0 Å². The van der Waals surface area contributed by atoms with Crippen LogP contribution in [0.1, 0.15) is 42.2 Å². The molecule has 0 amide bonds. The first-order valence-corrected chi connectivity index (χ1v) is 6.68. The van der Waals surface area contributed by atoms with Crippen molar-refractivity contribution in [3.63, 3.8) is 0 Å². The number of rotatable bonds is 2. The highest BCUT2D eigenvalue weighted by atomic mass is 16.4. The van der Waals surface area contributed by atoms with Crippen LogP contribution >= 0.6 is 0 Å². The van der Waals surface area contributed by atoms with Gasteiger partial charge in [-0.25, -0.2) is 4.79 Å². The van der Waals surface area contributed by atoms with E-state index in [0.29, 0.717) is 11.1 Å². The highest BCUT2D eigenvalue weighted by molar-refractivity contribution is 6.29. The predicted octanol–water partition coefficient (Wildman–Crippen LogP) is 2.23. The Hall–Kier alpha value is -2.95. The third-order valence-electron chi connectivity index (χ3n) is 3.76. The number of fused-ring (bicyclic) bond motifs is 2. The molecular formula is C17H13NO4. The number of benzene rings is 2. The summed E-state index contributed by atoms with van der Waals surface area (Å²) in [7, 11) is 3.70. The summed E-state index contributed by atoms with van der Waals surface area (Å²) in [6.07, 6.45) is 0. The molecule has 0 saturated carbocycles. The fraction of sp³-hybridized carbons (Fsp3) is 0.118. The summed E-state index contributed by atoms with van der Waals surface area (Å²) in [4.78, 5) is 38.0. The maximum atomic E-state index is 12.6. The van der Waals surface area contributed by atoms with E-state index in [9.17, 15) is 14.4 Å². The summed E-state index contributed by atoms with van der Waals surface area (Å²) < 4.78 is 0. The van der Waals surface area contributed by atoms with E-state index in [4.69, 9.17) is 5.11 Å². The van der Waals surface area contributed by atoms with Gasteiger partial charge in [-0.1, -0.05) is 0 Å². The minimum atomic E-state index is -1.13. The third-order valence-corrected chi connectivity index (χ3v) is 3.76. The van der Waals surface area contributed by atoms with Crippen LogP contribution in [0.25, 0.3) is 0 Å². The summed E-state index contributed by atoms with van der Waals surface area (Å²) >= 11 is 0. The summed E-state index contributed by atoms with van der Waals surface area (Å²) in [6, 6.07) is 9.07. The second-order valence-electron chi connectivity index (χ2n) is 5.35. The van der Waals surface area contributed by atoms with Crippen LogP contribution in [-0.2, 0) is 0 Å². The maximum absolute atomic E-state index is 12.6. The van der Waals surface area contributed by atoms with Crippen molar-refractivity contribution < 1.29 is 19.5 Å². The number of ketones is 2. The number of carboxylic acid groups (broad SMARTS) is 1. The minimum Gasteiger partial charge on any atom is -0.478 e. The predicted molar refractivity (Wildman–Crippen MR) is 81.0 cm³/mol. The molecule has 0 bridgehead atoms.